The highest BCUT2D eigenvalue weighted by molar-refractivity contribution is 6.30. The van der Waals surface area contributed by atoms with Crippen molar-refractivity contribution in [1.82, 2.24) is 9.88 Å². The van der Waals surface area contributed by atoms with Crippen molar-refractivity contribution in [2.24, 2.45) is 0 Å². The fraction of sp³-hybridized carbons (Fsp3) is 0.172. The summed E-state index contributed by atoms with van der Waals surface area (Å²) in [6.07, 6.45) is -3.03. The Bertz CT molecular complexity index is 1450. The molecule has 2 heterocycles. The summed E-state index contributed by atoms with van der Waals surface area (Å²) in [6.45, 7) is 0.467. The van der Waals surface area contributed by atoms with Crippen LogP contribution in [0, 0.1) is 0 Å². The van der Waals surface area contributed by atoms with Crippen molar-refractivity contribution in [1.29, 1.82) is 0 Å². The second kappa shape index (κ2) is 10.9. The van der Waals surface area contributed by atoms with Gasteiger partial charge in [0.05, 0.1) is 30.6 Å². The van der Waals surface area contributed by atoms with Crippen molar-refractivity contribution < 1.29 is 27.4 Å². The second-order valence-electron chi connectivity index (χ2n) is 8.93. The van der Waals surface area contributed by atoms with Crippen LogP contribution in [0.1, 0.15) is 22.7 Å². The molecule has 1 aliphatic rings. The number of methoxy groups -OCH3 is 1. The number of hydrogen-bond donors (Lipinski definition) is 0. The van der Waals surface area contributed by atoms with Gasteiger partial charge in [0.2, 0.25) is 5.88 Å². The number of halogens is 4. The first-order valence-corrected chi connectivity index (χ1v) is 12.4. The summed E-state index contributed by atoms with van der Waals surface area (Å²) in [4.78, 5) is 21.0. The molecule has 0 aliphatic carbocycles. The first-order valence-electron chi connectivity index (χ1n) is 12.0. The SMILES string of the molecule is COc1ccc(CN2C[C@H](c3cccc(C(F)(F)F)c3)N(c3ccc(Oc4ccc(Cl)cc4)nc3)C2=O)cc1. The van der Waals surface area contributed by atoms with E-state index in [1.807, 2.05) is 12.1 Å². The Labute approximate surface area is 228 Å². The number of hydrogen-bond acceptors (Lipinski definition) is 4. The summed E-state index contributed by atoms with van der Waals surface area (Å²) in [7, 11) is 1.57. The molecule has 10 heteroatoms. The Morgan fingerprint density at radius 1 is 0.974 bits per heavy atom. The van der Waals surface area contributed by atoms with Gasteiger partial charge in [0.25, 0.3) is 0 Å². The zero-order chi connectivity index (χ0) is 27.6. The van der Waals surface area contributed by atoms with E-state index in [0.717, 1.165) is 17.7 Å². The van der Waals surface area contributed by atoms with E-state index in [2.05, 4.69) is 4.98 Å². The highest BCUT2D eigenvalue weighted by Crippen LogP contribution is 2.38. The largest absolute Gasteiger partial charge is 0.497 e. The van der Waals surface area contributed by atoms with E-state index in [1.54, 1.807) is 66.6 Å². The molecule has 1 aliphatic heterocycles. The Kier molecular flexibility index (Phi) is 7.34. The van der Waals surface area contributed by atoms with Crippen LogP contribution >= 0.6 is 11.6 Å². The van der Waals surface area contributed by atoms with E-state index in [-0.39, 0.29) is 19.1 Å². The van der Waals surface area contributed by atoms with Crippen LogP contribution in [0.25, 0.3) is 0 Å². The molecule has 0 unspecified atom stereocenters. The van der Waals surface area contributed by atoms with Gasteiger partial charge < -0.3 is 14.4 Å². The highest BCUT2D eigenvalue weighted by atomic mass is 35.5. The number of pyridine rings is 1. The highest BCUT2D eigenvalue weighted by Gasteiger charge is 2.40. The maximum atomic E-state index is 13.6. The Hall–Kier alpha value is -4.24. The third-order valence-corrected chi connectivity index (χ3v) is 6.60. The summed E-state index contributed by atoms with van der Waals surface area (Å²) in [5.74, 6) is 1.50. The molecular formula is C29H23ClF3N3O3. The normalized spacial score (nSPS) is 15.5. The molecular weight excluding hydrogens is 531 g/mol. The van der Waals surface area contributed by atoms with Crippen molar-refractivity contribution in [3.8, 4) is 17.4 Å². The Morgan fingerprint density at radius 2 is 1.69 bits per heavy atom. The number of aromatic nitrogens is 1. The molecule has 0 saturated carbocycles. The van der Waals surface area contributed by atoms with Gasteiger partial charge >= 0.3 is 12.2 Å². The first-order chi connectivity index (χ1) is 18.7. The van der Waals surface area contributed by atoms with Gasteiger partial charge in [0.15, 0.2) is 0 Å². The number of benzene rings is 3. The Balaban J connectivity index is 1.44. The molecule has 2 amide bonds. The zero-order valence-electron chi connectivity index (χ0n) is 20.7. The lowest BCUT2D eigenvalue weighted by atomic mass is 10.0. The van der Waals surface area contributed by atoms with Crippen LogP contribution in [0.2, 0.25) is 5.02 Å². The van der Waals surface area contributed by atoms with Crippen molar-refractivity contribution in [2.75, 3.05) is 18.6 Å². The van der Waals surface area contributed by atoms with Gasteiger partial charge in [-0.3, -0.25) is 4.90 Å². The van der Waals surface area contributed by atoms with Gasteiger partial charge in [-0.2, -0.15) is 13.2 Å². The molecule has 4 aromatic rings. The third-order valence-electron chi connectivity index (χ3n) is 6.35. The number of alkyl halides is 3. The minimum Gasteiger partial charge on any atom is -0.497 e. The minimum atomic E-state index is -4.51. The van der Waals surface area contributed by atoms with Crippen LogP contribution in [-0.4, -0.2) is 29.6 Å². The van der Waals surface area contributed by atoms with Crippen LogP contribution in [0.5, 0.6) is 17.4 Å². The molecule has 200 valence electrons. The number of carbonyl (C=O) groups excluding carboxylic acids is 1. The van der Waals surface area contributed by atoms with Gasteiger partial charge in [-0.1, -0.05) is 35.9 Å². The molecule has 6 nitrogen and oxygen atoms in total. The summed E-state index contributed by atoms with van der Waals surface area (Å²) in [6, 6.07) is 21.4. The molecule has 1 atom stereocenters. The molecule has 1 saturated heterocycles. The molecule has 0 N–H and O–H groups in total. The van der Waals surface area contributed by atoms with Crippen LogP contribution in [0.4, 0.5) is 23.7 Å². The lowest BCUT2D eigenvalue weighted by Gasteiger charge is -2.24. The van der Waals surface area contributed by atoms with E-state index in [4.69, 9.17) is 21.1 Å². The van der Waals surface area contributed by atoms with Crippen molar-refractivity contribution in [3.63, 3.8) is 0 Å². The zero-order valence-corrected chi connectivity index (χ0v) is 21.5. The predicted molar refractivity (Wildman–Crippen MR) is 141 cm³/mol. The predicted octanol–water partition coefficient (Wildman–Crippen LogP) is 7.74. The lowest BCUT2D eigenvalue weighted by Crippen LogP contribution is -2.32. The van der Waals surface area contributed by atoms with Crippen molar-refractivity contribution in [2.45, 2.75) is 18.8 Å². The maximum Gasteiger partial charge on any atom is 0.416 e. The van der Waals surface area contributed by atoms with Gasteiger partial charge in [0, 0.05) is 24.2 Å². The average Bonchev–Trinajstić information content (AvgIpc) is 3.26. The number of amides is 2. The number of anilines is 1. The number of carbonyl (C=O) groups is 1. The molecule has 39 heavy (non-hydrogen) atoms. The maximum absolute atomic E-state index is 13.6. The molecule has 5 rings (SSSR count). The summed E-state index contributed by atoms with van der Waals surface area (Å²) in [5.41, 5.74) is 0.893. The Morgan fingerprint density at radius 3 is 2.33 bits per heavy atom. The van der Waals surface area contributed by atoms with Crippen molar-refractivity contribution >= 4 is 23.3 Å². The van der Waals surface area contributed by atoms with Gasteiger partial charge in [-0.05, 0) is 65.7 Å². The molecule has 3 aromatic carbocycles. The molecule has 0 spiro atoms. The van der Waals surface area contributed by atoms with E-state index >= 15 is 0 Å². The standard InChI is InChI=1S/C29H23ClF3N3O3/c1-38-24-10-5-19(6-11-24)17-35-18-26(20-3-2-4-21(15-20)29(31,32)33)36(28(35)37)23-9-14-27(34-16-23)39-25-12-7-22(30)8-13-25/h2-16,26H,17-18H2,1H3/t26-/m1/s1. The lowest BCUT2D eigenvalue weighted by molar-refractivity contribution is -0.137. The monoisotopic (exact) mass is 553 g/mol. The van der Waals surface area contributed by atoms with Gasteiger partial charge in [-0.25, -0.2) is 9.78 Å². The number of rotatable bonds is 7. The summed E-state index contributed by atoms with van der Waals surface area (Å²) < 4.78 is 51.4. The summed E-state index contributed by atoms with van der Waals surface area (Å²) >= 11 is 5.92. The van der Waals surface area contributed by atoms with Gasteiger partial charge in [0.1, 0.15) is 11.5 Å². The van der Waals surface area contributed by atoms with E-state index < -0.39 is 17.8 Å². The first kappa shape index (κ1) is 26.4. The third kappa shape index (κ3) is 5.93. The van der Waals surface area contributed by atoms with E-state index in [9.17, 15) is 18.0 Å². The average molecular weight is 554 g/mol. The van der Waals surface area contributed by atoms with Crippen LogP contribution in [0.3, 0.4) is 0 Å². The van der Waals surface area contributed by atoms with Crippen LogP contribution in [0.15, 0.2) is 91.1 Å². The van der Waals surface area contributed by atoms with E-state index in [1.165, 1.54) is 17.2 Å². The smallest absolute Gasteiger partial charge is 0.416 e. The molecule has 0 radical (unpaired) electrons. The van der Waals surface area contributed by atoms with Crippen LogP contribution in [-0.2, 0) is 12.7 Å². The van der Waals surface area contributed by atoms with Gasteiger partial charge in [-0.15, -0.1) is 0 Å². The molecule has 1 fully saturated rings. The second-order valence-corrected chi connectivity index (χ2v) is 9.37. The minimum absolute atomic E-state index is 0.190. The van der Waals surface area contributed by atoms with Crippen molar-refractivity contribution in [3.05, 3.63) is 113 Å². The number of nitrogens with zero attached hydrogens (tertiary/aromatic N) is 3. The number of ether oxygens (including phenoxy) is 2. The van der Waals surface area contributed by atoms with E-state index in [0.29, 0.717) is 33.7 Å². The molecule has 0 bridgehead atoms. The summed E-state index contributed by atoms with van der Waals surface area (Å²) in [5, 5.41) is 0.568. The number of urea groups is 1. The quantitative estimate of drug-likeness (QED) is 0.235. The fourth-order valence-corrected chi connectivity index (χ4v) is 4.53. The fourth-order valence-electron chi connectivity index (χ4n) is 4.40. The molecule has 1 aromatic heterocycles. The topological polar surface area (TPSA) is 54.9 Å². The van der Waals surface area contributed by atoms with Crippen LogP contribution < -0.4 is 14.4 Å².